The molecule has 0 aliphatic rings. The summed E-state index contributed by atoms with van der Waals surface area (Å²) < 4.78 is 11.6. The second-order valence-corrected chi connectivity index (χ2v) is 7.26. The molecule has 27 heavy (non-hydrogen) atoms. The lowest BCUT2D eigenvalue weighted by Gasteiger charge is -2.12. The number of rotatable bonds is 6. The second kappa shape index (κ2) is 8.82. The highest BCUT2D eigenvalue weighted by Crippen LogP contribution is 2.34. The Hall–Kier alpha value is -2.66. The molecule has 0 unspecified atom stereocenters. The smallest absolute Gasteiger partial charge is 0.343 e. The Morgan fingerprint density at radius 2 is 2.11 bits per heavy atom. The number of benzene rings is 2. The van der Waals surface area contributed by atoms with E-state index in [0.717, 1.165) is 9.13 Å². The van der Waals surface area contributed by atoms with E-state index in [1.165, 1.54) is 18.4 Å². The third kappa shape index (κ3) is 4.95. The molecular formula is C18H15IN4O3S. The maximum absolute atomic E-state index is 12.3. The van der Waals surface area contributed by atoms with Gasteiger partial charge in [-0.15, -0.1) is 11.3 Å². The summed E-state index contributed by atoms with van der Waals surface area (Å²) in [6.45, 7) is 0. The number of hydrogen-bond donors (Lipinski definition) is 2. The third-order valence-corrected chi connectivity index (χ3v) is 4.92. The van der Waals surface area contributed by atoms with Crippen molar-refractivity contribution in [1.82, 2.24) is 4.98 Å². The number of aromatic nitrogens is 1. The van der Waals surface area contributed by atoms with E-state index in [1.807, 2.05) is 12.1 Å². The molecule has 0 saturated heterocycles. The van der Waals surface area contributed by atoms with Crippen LogP contribution in [0.5, 0.6) is 11.5 Å². The van der Waals surface area contributed by atoms with Crippen LogP contribution in [-0.4, -0.2) is 24.3 Å². The van der Waals surface area contributed by atoms with Crippen LogP contribution in [0.1, 0.15) is 15.9 Å². The number of nitrogens with one attached hydrogen (secondary N) is 1. The van der Waals surface area contributed by atoms with Crippen molar-refractivity contribution in [2.45, 2.75) is 0 Å². The minimum Gasteiger partial charge on any atom is -0.493 e. The SMILES string of the molecule is COc1cc(C=NNc2nc(N)cs2)cc(I)c1OC(=O)c1ccccc1. The summed E-state index contributed by atoms with van der Waals surface area (Å²) in [5.74, 6) is 0.797. The highest BCUT2D eigenvalue weighted by atomic mass is 127. The number of ether oxygens (including phenoxy) is 2. The van der Waals surface area contributed by atoms with Crippen molar-refractivity contribution in [2.75, 3.05) is 18.3 Å². The van der Waals surface area contributed by atoms with Crippen molar-refractivity contribution in [3.63, 3.8) is 0 Å². The number of carbonyl (C=O) groups is 1. The summed E-state index contributed by atoms with van der Waals surface area (Å²) in [7, 11) is 1.52. The van der Waals surface area contributed by atoms with Gasteiger partial charge in [-0.05, 0) is 52.4 Å². The monoisotopic (exact) mass is 494 g/mol. The van der Waals surface area contributed by atoms with Gasteiger partial charge in [0.25, 0.3) is 0 Å². The third-order valence-electron chi connectivity index (χ3n) is 3.35. The molecule has 0 atom stereocenters. The predicted molar refractivity (Wildman–Crippen MR) is 115 cm³/mol. The van der Waals surface area contributed by atoms with Crippen molar-refractivity contribution >= 4 is 57.1 Å². The molecule has 1 heterocycles. The van der Waals surface area contributed by atoms with Gasteiger partial charge >= 0.3 is 5.97 Å². The van der Waals surface area contributed by atoms with Gasteiger partial charge in [0.05, 0.1) is 22.5 Å². The van der Waals surface area contributed by atoms with E-state index in [4.69, 9.17) is 15.2 Å². The Morgan fingerprint density at radius 1 is 1.33 bits per heavy atom. The van der Waals surface area contributed by atoms with Crippen LogP contribution in [-0.2, 0) is 0 Å². The second-order valence-electron chi connectivity index (χ2n) is 5.24. The van der Waals surface area contributed by atoms with Crippen LogP contribution in [0.2, 0.25) is 0 Å². The van der Waals surface area contributed by atoms with E-state index < -0.39 is 5.97 Å². The molecule has 7 nitrogen and oxygen atoms in total. The molecule has 0 aliphatic carbocycles. The van der Waals surface area contributed by atoms with Crippen LogP contribution >= 0.6 is 33.9 Å². The number of nitrogens with zero attached hydrogens (tertiary/aromatic N) is 2. The number of nitrogen functional groups attached to an aromatic ring is 1. The van der Waals surface area contributed by atoms with Gasteiger partial charge in [0.15, 0.2) is 11.5 Å². The van der Waals surface area contributed by atoms with E-state index in [1.54, 1.807) is 41.9 Å². The van der Waals surface area contributed by atoms with E-state index in [0.29, 0.717) is 28.0 Å². The van der Waals surface area contributed by atoms with Crippen LogP contribution in [0.25, 0.3) is 0 Å². The summed E-state index contributed by atoms with van der Waals surface area (Å²) >= 11 is 3.45. The topological polar surface area (TPSA) is 98.8 Å². The summed E-state index contributed by atoms with van der Waals surface area (Å²) in [6, 6.07) is 12.3. The number of anilines is 2. The van der Waals surface area contributed by atoms with Crippen LogP contribution in [0.3, 0.4) is 0 Å². The number of hydrogen-bond acceptors (Lipinski definition) is 8. The first-order valence-corrected chi connectivity index (χ1v) is 9.67. The standard InChI is InChI=1S/C18H15IN4O3S/c1-25-14-8-11(9-21-23-18-22-15(20)10-27-18)7-13(19)16(14)26-17(24)12-5-3-2-4-6-12/h2-10H,20H2,1H3,(H,22,23). The van der Waals surface area contributed by atoms with Crippen LogP contribution in [0.4, 0.5) is 10.9 Å². The number of hydrazone groups is 1. The molecule has 0 radical (unpaired) electrons. The zero-order chi connectivity index (χ0) is 19.2. The first-order chi connectivity index (χ1) is 13.1. The lowest BCUT2D eigenvalue weighted by molar-refractivity contribution is 0.0728. The maximum Gasteiger partial charge on any atom is 0.343 e. The normalized spacial score (nSPS) is 10.7. The molecule has 0 spiro atoms. The molecule has 9 heteroatoms. The largest absolute Gasteiger partial charge is 0.493 e. The predicted octanol–water partition coefficient (Wildman–Crippen LogP) is 4.00. The van der Waals surface area contributed by atoms with Gasteiger partial charge < -0.3 is 15.2 Å². The molecule has 0 fully saturated rings. The molecular weight excluding hydrogens is 479 g/mol. The van der Waals surface area contributed by atoms with Crippen molar-refractivity contribution in [2.24, 2.45) is 5.10 Å². The molecule has 3 aromatic rings. The molecule has 3 rings (SSSR count). The zero-order valence-corrected chi connectivity index (χ0v) is 17.2. The molecule has 0 saturated carbocycles. The molecule has 1 aromatic heterocycles. The van der Waals surface area contributed by atoms with Crippen molar-refractivity contribution in [1.29, 1.82) is 0 Å². The quantitative estimate of drug-likeness (QED) is 0.177. The van der Waals surface area contributed by atoms with Gasteiger partial charge in [-0.1, -0.05) is 18.2 Å². The summed E-state index contributed by atoms with van der Waals surface area (Å²) in [6.07, 6.45) is 1.62. The summed E-state index contributed by atoms with van der Waals surface area (Å²) in [5, 5.41) is 6.45. The van der Waals surface area contributed by atoms with Crippen LogP contribution < -0.4 is 20.6 Å². The van der Waals surface area contributed by atoms with Gasteiger partial charge in [-0.3, -0.25) is 5.43 Å². The number of nitrogens with two attached hydrogens (primary N) is 1. The zero-order valence-electron chi connectivity index (χ0n) is 14.2. The fraction of sp³-hybridized carbons (Fsp3) is 0.0556. The fourth-order valence-corrected chi connectivity index (χ4v) is 3.42. The number of methoxy groups -OCH3 is 1. The Kier molecular flexibility index (Phi) is 6.24. The first kappa shape index (κ1) is 19.1. The number of esters is 1. The van der Waals surface area contributed by atoms with E-state index in [-0.39, 0.29) is 0 Å². The van der Waals surface area contributed by atoms with Crippen molar-refractivity contribution < 1.29 is 14.3 Å². The number of halogens is 1. The minimum atomic E-state index is -0.448. The van der Waals surface area contributed by atoms with Gasteiger partial charge in [-0.25, -0.2) is 9.78 Å². The highest BCUT2D eigenvalue weighted by Gasteiger charge is 2.16. The van der Waals surface area contributed by atoms with Gasteiger partial charge in [0, 0.05) is 5.38 Å². The molecule has 138 valence electrons. The van der Waals surface area contributed by atoms with Crippen molar-refractivity contribution in [3.05, 3.63) is 62.5 Å². The first-order valence-electron chi connectivity index (χ1n) is 7.71. The Labute approximate surface area is 173 Å². The Balaban J connectivity index is 1.77. The van der Waals surface area contributed by atoms with E-state index >= 15 is 0 Å². The van der Waals surface area contributed by atoms with Gasteiger partial charge in [0.2, 0.25) is 5.13 Å². The average molecular weight is 494 g/mol. The van der Waals surface area contributed by atoms with Gasteiger partial charge in [0.1, 0.15) is 5.82 Å². The highest BCUT2D eigenvalue weighted by molar-refractivity contribution is 14.1. The van der Waals surface area contributed by atoms with Crippen LogP contribution in [0, 0.1) is 3.57 Å². The van der Waals surface area contributed by atoms with Crippen LogP contribution in [0.15, 0.2) is 52.9 Å². The molecule has 2 aromatic carbocycles. The molecule has 0 bridgehead atoms. The lowest BCUT2D eigenvalue weighted by atomic mass is 10.2. The average Bonchev–Trinajstić information content (AvgIpc) is 3.09. The van der Waals surface area contributed by atoms with Crippen molar-refractivity contribution in [3.8, 4) is 11.5 Å². The van der Waals surface area contributed by atoms with Gasteiger partial charge in [-0.2, -0.15) is 5.10 Å². The van der Waals surface area contributed by atoms with E-state index in [2.05, 4.69) is 38.1 Å². The van der Waals surface area contributed by atoms with E-state index in [9.17, 15) is 4.79 Å². The lowest BCUT2D eigenvalue weighted by Crippen LogP contribution is -2.10. The fourth-order valence-electron chi connectivity index (χ4n) is 2.14. The Morgan fingerprint density at radius 3 is 2.78 bits per heavy atom. The number of thiazole rings is 1. The molecule has 0 amide bonds. The molecule has 0 aliphatic heterocycles. The maximum atomic E-state index is 12.3. The Bertz CT molecular complexity index is 976. The number of carbonyl (C=O) groups excluding carboxylic acids is 1. The summed E-state index contributed by atoms with van der Waals surface area (Å²) in [4.78, 5) is 16.4. The minimum absolute atomic E-state index is 0.366. The summed E-state index contributed by atoms with van der Waals surface area (Å²) in [5.41, 5.74) is 9.61. The molecule has 3 N–H and O–H groups in total.